The number of ketones is 1. The third-order valence-electron chi connectivity index (χ3n) is 6.68. The monoisotopic (exact) mass is 472 g/mol. The molecule has 2 saturated heterocycles. The minimum atomic E-state index is -0.676. The molecule has 5 rings (SSSR count). The Morgan fingerprint density at radius 2 is 1.66 bits per heavy atom. The first-order chi connectivity index (χ1) is 17.1. The van der Waals surface area contributed by atoms with Crippen LogP contribution in [0.1, 0.15) is 22.9 Å². The molecule has 3 heterocycles. The van der Waals surface area contributed by atoms with Crippen LogP contribution in [-0.4, -0.2) is 75.8 Å². The number of aromatic nitrogens is 2. The predicted molar refractivity (Wildman–Crippen MR) is 131 cm³/mol. The molecule has 0 spiro atoms. The minimum Gasteiger partial charge on any atom is -0.507 e. The molecule has 1 atom stereocenters. The summed E-state index contributed by atoms with van der Waals surface area (Å²) in [5, 5.41) is 15.8. The van der Waals surface area contributed by atoms with Crippen LogP contribution in [0.2, 0.25) is 0 Å². The van der Waals surface area contributed by atoms with E-state index in [1.54, 1.807) is 15.8 Å². The van der Waals surface area contributed by atoms with Crippen molar-refractivity contribution in [2.45, 2.75) is 13.0 Å². The second-order valence-corrected chi connectivity index (χ2v) is 8.75. The highest BCUT2D eigenvalue weighted by Gasteiger charge is 2.46. The molecule has 3 aromatic rings. The summed E-state index contributed by atoms with van der Waals surface area (Å²) in [6.07, 6.45) is 1.54. The van der Waals surface area contributed by atoms with Crippen molar-refractivity contribution in [1.82, 2.24) is 19.6 Å². The van der Waals surface area contributed by atoms with Crippen molar-refractivity contribution in [2.75, 3.05) is 39.4 Å². The quantitative estimate of drug-likeness (QED) is 0.337. The van der Waals surface area contributed by atoms with Gasteiger partial charge in [-0.3, -0.25) is 14.5 Å². The predicted octanol–water partition coefficient (Wildman–Crippen LogP) is 2.93. The highest BCUT2D eigenvalue weighted by Crippen LogP contribution is 2.39. The van der Waals surface area contributed by atoms with E-state index in [2.05, 4.69) is 10.00 Å². The zero-order valence-electron chi connectivity index (χ0n) is 19.6. The SMILES string of the molecule is Cc1c(/C(O)=C2/C(=O)C(=O)N(CCN3CCOCC3)C2c2ccccc2)cnn1-c1ccccc1. The number of carbonyl (C=O) groups excluding carboxylic acids is 2. The van der Waals surface area contributed by atoms with E-state index in [-0.39, 0.29) is 11.3 Å². The molecular weight excluding hydrogens is 444 g/mol. The Morgan fingerprint density at radius 3 is 2.34 bits per heavy atom. The molecule has 8 nitrogen and oxygen atoms in total. The van der Waals surface area contributed by atoms with E-state index >= 15 is 0 Å². The standard InChI is InChI=1S/C27H28N4O4/c1-19-22(18-28-31(19)21-10-6-3-7-11-21)25(32)23-24(20-8-4-2-5-9-20)30(27(34)26(23)33)13-12-29-14-16-35-17-15-29/h2-11,18,24,32H,12-17H2,1H3/b25-23-. The van der Waals surface area contributed by atoms with Crippen LogP contribution in [-0.2, 0) is 14.3 Å². The number of Topliss-reactive ketones (excluding diaryl/α,β-unsaturated/α-hetero) is 1. The molecule has 1 aromatic heterocycles. The first-order valence-electron chi connectivity index (χ1n) is 11.8. The summed E-state index contributed by atoms with van der Waals surface area (Å²) in [7, 11) is 0. The van der Waals surface area contributed by atoms with Gasteiger partial charge in [-0.1, -0.05) is 48.5 Å². The van der Waals surface area contributed by atoms with Crippen molar-refractivity contribution >= 4 is 17.4 Å². The molecular formula is C27H28N4O4. The maximum atomic E-state index is 13.3. The number of carbonyl (C=O) groups is 2. The Hall–Kier alpha value is -3.75. The second-order valence-electron chi connectivity index (χ2n) is 8.75. The molecule has 2 aromatic carbocycles. The van der Waals surface area contributed by atoms with E-state index in [1.807, 2.05) is 67.6 Å². The summed E-state index contributed by atoms with van der Waals surface area (Å²) in [5.74, 6) is -1.47. The maximum Gasteiger partial charge on any atom is 0.295 e. The zero-order chi connectivity index (χ0) is 24.4. The zero-order valence-corrected chi connectivity index (χ0v) is 19.6. The van der Waals surface area contributed by atoms with Gasteiger partial charge in [0.1, 0.15) is 5.76 Å². The molecule has 0 bridgehead atoms. The normalized spacial score (nSPS) is 20.5. The van der Waals surface area contributed by atoms with Crippen LogP contribution in [0.5, 0.6) is 0 Å². The number of morpholine rings is 1. The van der Waals surface area contributed by atoms with E-state index in [9.17, 15) is 14.7 Å². The van der Waals surface area contributed by atoms with Gasteiger partial charge in [0.15, 0.2) is 0 Å². The molecule has 0 aliphatic carbocycles. The lowest BCUT2D eigenvalue weighted by atomic mass is 9.95. The number of nitrogens with zero attached hydrogens (tertiary/aromatic N) is 4. The van der Waals surface area contributed by atoms with E-state index in [0.29, 0.717) is 37.6 Å². The average molecular weight is 473 g/mol. The number of likely N-dealkylation sites (tertiary alicyclic amines) is 1. The van der Waals surface area contributed by atoms with Gasteiger partial charge in [0.2, 0.25) is 0 Å². The third-order valence-corrected chi connectivity index (χ3v) is 6.68. The van der Waals surface area contributed by atoms with Crippen molar-refractivity contribution in [3.05, 3.63) is 89.3 Å². The lowest BCUT2D eigenvalue weighted by Gasteiger charge is -2.31. The largest absolute Gasteiger partial charge is 0.507 e. The highest BCUT2D eigenvalue weighted by molar-refractivity contribution is 6.46. The molecule has 8 heteroatoms. The lowest BCUT2D eigenvalue weighted by Crippen LogP contribution is -2.42. The fourth-order valence-electron chi connectivity index (χ4n) is 4.78. The molecule has 1 unspecified atom stereocenters. The molecule has 2 aliphatic heterocycles. The van der Waals surface area contributed by atoms with Crippen molar-refractivity contribution in [3.63, 3.8) is 0 Å². The average Bonchev–Trinajstić information content (AvgIpc) is 3.41. The minimum absolute atomic E-state index is 0.0962. The molecule has 1 amide bonds. The Kier molecular flexibility index (Phi) is 6.48. The van der Waals surface area contributed by atoms with Gasteiger partial charge < -0.3 is 14.7 Å². The smallest absolute Gasteiger partial charge is 0.295 e. The number of aliphatic hydroxyl groups is 1. The van der Waals surface area contributed by atoms with Gasteiger partial charge in [-0.15, -0.1) is 0 Å². The molecule has 1 N–H and O–H groups in total. The topological polar surface area (TPSA) is 87.9 Å². The van der Waals surface area contributed by atoms with Gasteiger partial charge in [0, 0.05) is 26.2 Å². The first-order valence-corrected chi connectivity index (χ1v) is 11.8. The molecule has 180 valence electrons. The van der Waals surface area contributed by atoms with Gasteiger partial charge in [-0.2, -0.15) is 5.10 Å². The van der Waals surface area contributed by atoms with E-state index in [0.717, 1.165) is 24.3 Å². The summed E-state index contributed by atoms with van der Waals surface area (Å²) in [5.41, 5.74) is 2.83. The van der Waals surface area contributed by atoms with Gasteiger partial charge >= 0.3 is 0 Å². The van der Waals surface area contributed by atoms with Crippen LogP contribution >= 0.6 is 0 Å². The fraction of sp³-hybridized carbons (Fsp3) is 0.296. The number of hydrogen-bond acceptors (Lipinski definition) is 6. The van der Waals surface area contributed by atoms with Crippen LogP contribution in [0.15, 0.2) is 72.4 Å². The Morgan fingerprint density at radius 1 is 1.00 bits per heavy atom. The van der Waals surface area contributed by atoms with Crippen molar-refractivity contribution in [3.8, 4) is 5.69 Å². The summed E-state index contributed by atoms with van der Waals surface area (Å²) in [4.78, 5) is 30.3. The van der Waals surface area contributed by atoms with Gasteiger partial charge in [-0.25, -0.2) is 4.68 Å². The number of hydrogen-bond donors (Lipinski definition) is 1. The van der Waals surface area contributed by atoms with Crippen LogP contribution < -0.4 is 0 Å². The number of ether oxygens (including phenoxy) is 1. The van der Waals surface area contributed by atoms with Gasteiger partial charge in [0.25, 0.3) is 11.7 Å². The van der Waals surface area contributed by atoms with E-state index < -0.39 is 17.7 Å². The Labute approximate surface area is 204 Å². The number of benzene rings is 2. The number of amides is 1. The van der Waals surface area contributed by atoms with Crippen LogP contribution in [0.25, 0.3) is 11.4 Å². The fourth-order valence-corrected chi connectivity index (χ4v) is 4.78. The summed E-state index contributed by atoms with van der Waals surface area (Å²) in [6, 6.07) is 18.3. The molecule has 0 radical (unpaired) electrons. The Bertz CT molecular complexity index is 1250. The molecule has 2 fully saturated rings. The first kappa shape index (κ1) is 23.0. The van der Waals surface area contributed by atoms with Crippen LogP contribution in [0, 0.1) is 6.92 Å². The van der Waals surface area contributed by atoms with E-state index in [4.69, 9.17) is 4.74 Å². The van der Waals surface area contributed by atoms with Gasteiger partial charge in [-0.05, 0) is 24.6 Å². The third kappa shape index (κ3) is 4.38. The number of para-hydroxylation sites is 1. The lowest BCUT2D eigenvalue weighted by molar-refractivity contribution is -0.140. The Balaban J connectivity index is 1.54. The van der Waals surface area contributed by atoms with Crippen molar-refractivity contribution in [2.24, 2.45) is 0 Å². The number of rotatable bonds is 6. The van der Waals surface area contributed by atoms with Crippen molar-refractivity contribution in [1.29, 1.82) is 0 Å². The highest BCUT2D eigenvalue weighted by atomic mass is 16.5. The van der Waals surface area contributed by atoms with Gasteiger partial charge in [0.05, 0.1) is 48.0 Å². The van der Waals surface area contributed by atoms with E-state index in [1.165, 1.54) is 0 Å². The second kappa shape index (κ2) is 9.85. The summed E-state index contributed by atoms with van der Waals surface area (Å²) >= 11 is 0. The van der Waals surface area contributed by atoms with Crippen LogP contribution in [0.3, 0.4) is 0 Å². The molecule has 35 heavy (non-hydrogen) atoms. The number of aliphatic hydroxyl groups excluding tert-OH is 1. The maximum absolute atomic E-state index is 13.3. The molecule has 2 aliphatic rings. The summed E-state index contributed by atoms with van der Waals surface area (Å²) in [6.45, 7) is 5.74. The summed E-state index contributed by atoms with van der Waals surface area (Å²) < 4.78 is 7.13. The van der Waals surface area contributed by atoms with Crippen LogP contribution in [0.4, 0.5) is 0 Å². The molecule has 0 saturated carbocycles. The van der Waals surface area contributed by atoms with Crippen molar-refractivity contribution < 1.29 is 19.4 Å².